The summed E-state index contributed by atoms with van der Waals surface area (Å²) in [5, 5.41) is 6.22. The Labute approximate surface area is 125 Å². The first-order valence-electron chi connectivity index (χ1n) is 6.95. The van der Waals surface area contributed by atoms with Gasteiger partial charge in [0.15, 0.2) is 0 Å². The van der Waals surface area contributed by atoms with Crippen molar-refractivity contribution in [2.75, 3.05) is 10.6 Å². The minimum absolute atomic E-state index is 0.0766. The van der Waals surface area contributed by atoms with Gasteiger partial charge in [0.25, 0.3) is 5.91 Å². The molecule has 2 rings (SSSR count). The Kier molecular flexibility index (Phi) is 4.26. The maximum Gasteiger partial charge on any atom is 0.257 e. The second-order valence-corrected chi connectivity index (χ2v) is 6.11. The standard InChI is InChI=1S/C17H21N3O/c1-12-7-5-6-8-15(12)19-16(21)13-9-14(11-18-10-13)20-17(2,3)4/h5-11,20H,1-4H3,(H,19,21). The number of nitrogens with one attached hydrogen (secondary N) is 2. The lowest BCUT2D eigenvalue weighted by molar-refractivity contribution is 0.102. The number of nitrogens with zero attached hydrogens (tertiary/aromatic N) is 1. The highest BCUT2D eigenvalue weighted by Gasteiger charge is 2.12. The van der Waals surface area contributed by atoms with Gasteiger partial charge in [-0.15, -0.1) is 0 Å². The van der Waals surface area contributed by atoms with Crippen molar-refractivity contribution in [2.24, 2.45) is 0 Å². The van der Waals surface area contributed by atoms with Crippen molar-refractivity contribution in [1.29, 1.82) is 0 Å². The van der Waals surface area contributed by atoms with Gasteiger partial charge in [0.1, 0.15) is 0 Å². The highest BCUT2D eigenvalue weighted by molar-refractivity contribution is 6.04. The molecule has 0 unspecified atom stereocenters. The summed E-state index contributed by atoms with van der Waals surface area (Å²) in [5.74, 6) is -0.158. The van der Waals surface area contributed by atoms with Crippen molar-refractivity contribution in [3.8, 4) is 0 Å². The molecule has 0 atom stereocenters. The average Bonchev–Trinajstić information content (AvgIpc) is 2.39. The van der Waals surface area contributed by atoms with E-state index in [4.69, 9.17) is 0 Å². The summed E-state index contributed by atoms with van der Waals surface area (Å²) in [4.78, 5) is 16.4. The number of amides is 1. The van der Waals surface area contributed by atoms with Gasteiger partial charge in [-0.1, -0.05) is 18.2 Å². The summed E-state index contributed by atoms with van der Waals surface area (Å²) in [6, 6.07) is 9.51. The monoisotopic (exact) mass is 283 g/mol. The van der Waals surface area contributed by atoms with E-state index in [1.165, 1.54) is 0 Å². The van der Waals surface area contributed by atoms with Gasteiger partial charge >= 0.3 is 0 Å². The van der Waals surface area contributed by atoms with E-state index in [9.17, 15) is 4.79 Å². The molecule has 0 saturated carbocycles. The zero-order valence-electron chi connectivity index (χ0n) is 12.9. The Morgan fingerprint density at radius 2 is 1.86 bits per heavy atom. The number of aryl methyl sites for hydroxylation is 1. The lowest BCUT2D eigenvalue weighted by atomic mass is 10.1. The molecule has 0 fully saturated rings. The van der Waals surface area contributed by atoms with Gasteiger partial charge in [0.05, 0.1) is 11.3 Å². The van der Waals surface area contributed by atoms with E-state index in [0.717, 1.165) is 16.9 Å². The first kappa shape index (κ1) is 15.0. The second-order valence-electron chi connectivity index (χ2n) is 6.11. The number of pyridine rings is 1. The fraction of sp³-hybridized carbons (Fsp3) is 0.294. The zero-order chi connectivity index (χ0) is 15.5. The molecule has 21 heavy (non-hydrogen) atoms. The van der Waals surface area contributed by atoms with E-state index in [1.807, 2.05) is 37.3 Å². The average molecular weight is 283 g/mol. The van der Waals surface area contributed by atoms with Crippen LogP contribution in [-0.4, -0.2) is 16.4 Å². The summed E-state index contributed by atoms with van der Waals surface area (Å²) in [5.41, 5.74) is 3.14. The summed E-state index contributed by atoms with van der Waals surface area (Å²) >= 11 is 0. The number of anilines is 2. The fourth-order valence-electron chi connectivity index (χ4n) is 1.97. The Bertz CT molecular complexity index is 644. The molecule has 0 radical (unpaired) electrons. The molecule has 4 nitrogen and oxygen atoms in total. The predicted molar refractivity (Wildman–Crippen MR) is 86.7 cm³/mol. The molecule has 0 saturated heterocycles. The van der Waals surface area contributed by atoms with Gasteiger partial charge in [-0.25, -0.2) is 0 Å². The minimum Gasteiger partial charge on any atom is -0.379 e. The number of rotatable bonds is 3. The smallest absolute Gasteiger partial charge is 0.257 e. The van der Waals surface area contributed by atoms with E-state index in [1.54, 1.807) is 12.4 Å². The maximum absolute atomic E-state index is 12.3. The van der Waals surface area contributed by atoms with Gasteiger partial charge in [-0.2, -0.15) is 0 Å². The molecular formula is C17H21N3O. The van der Waals surface area contributed by atoms with Gasteiger partial charge in [0.2, 0.25) is 0 Å². The molecule has 1 amide bonds. The van der Waals surface area contributed by atoms with Crippen molar-refractivity contribution in [1.82, 2.24) is 4.98 Å². The minimum atomic E-state index is -0.158. The summed E-state index contributed by atoms with van der Waals surface area (Å²) in [7, 11) is 0. The van der Waals surface area contributed by atoms with E-state index in [-0.39, 0.29) is 11.4 Å². The molecular weight excluding hydrogens is 262 g/mol. The molecule has 2 N–H and O–H groups in total. The molecule has 0 aliphatic heterocycles. The van der Waals surface area contributed by atoms with Crippen LogP contribution in [0.4, 0.5) is 11.4 Å². The number of benzene rings is 1. The Hall–Kier alpha value is -2.36. The summed E-state index contributed by atoms with van der Waals surface area (Å²) in [6.45, 7) is 8.15. The molecule has 1 aromatic carbocycles. The lowest BCUT2D eigenvalue weighted by Crippen LogP contribution is -2.26. The zero-order valence-corrected chi connectivity index (χ0v) is 12.9. The van der Waals surface area contributed by atoms with Gasteiger partial charge in [-0.05, 0) is 45.4 Å². The van der Waals surface area contributed by atoms with Crippen molar-refractivity contribution < 1.29 is 4.79 Å². The third-order valence-electron chi connectivity index (χ3n) is 2.91. The van der Waals surface area contributed by atoms with Gasteiger partial charge < -0.3 is 10.6 Å². The highest BCUT2D eigenvalue weighted by atomic mass is 16.1. The van der Waals surface area contributed by atoms with E-state index in [0.29, 0.717) is 5.56 Å². The Morgan fingerprint density at radius 3 is 2.52 bits per heavy atom. The second kappa shape index (κ2) is 5.95. The quantitative estimate of drug-likeness (QED) is 0.899. The molecule has 0 aliphatic carbocycles. The SMILES string of the molecule is Cc1ccccc1NC(=O)c1cncc(NC(C)(C)C)c1. The van der Waals surface area contributed by atoms with Gasteiger partial charge in [0, 0.05) is 23.6 Å². The van der Waals surface area contributed by atoms with Crippen LogP contribution in [0.5, 0.6) is 0 Å². The van der Waals surface area contributed by atoms with Crippen molar-refractivity contribution in [2.45, 2.75) is 33.2 Å². The molecule has 110 valence electrons. The number of carbonyl (C=O) groups is 1. The molecule has 2 aromatic rings. The largest absolute Gasteiger partial charge is 0.379 e. The lowest BCUT2D eigenvalue weighted by Gasteiger charge is -2.22. The van der Waals surface area contributed by atoms with Crippen LogP contribution < -0.4 is 10.6 Å². The van der Waals surface area contributed by atoms with E-state index >= 15 is 0 Å². The topological polar surface area (TPSA) is 54.0 Å². The van der Waals surface area contributed by atoms with Crippen LogP contribution in [0.2, 0.25) is 0 Å². The first-order valence-corrected chi connectivity index (χ1v) is 6.95. The number of hydrogen-bond donors (Lipinski definition) is 2. The van der Waals surface area contributed by atoms with Gasteiger partial charge in [-0.3, -0.25) is 9.78 Å². The molecule has 0 spiro atoms. The van der Waals surface area contributed by atoms with Crippen molar-refractivity contribution in [3.05, 3.63) is 53.9 Å². The molecule has 4 heteroatoms. The van der Waals surface area contributed by atoms with E-state index in [2.05, 4.69) is 36.4 Å². The molecule has 1 aromatic heterocycles. The highest BCUT2D eigenvalue weighted by Crippen LogP contribution is 2.17. The maximum atomic E-state index is 12.3. The van der Waals surface area contributed by atoms with Crippen LogP contribution >= 0.6 is 0 Å². The molecule has 0 aliphatic rings. The van der Waals surface area contributed by atoms with Crippen LogP contribution in [0, 0.1) is 6.92 Å². The molecule has 1 heterocycles. The van der Waals surface area contributed by atoms with Crippen molar-refractivity contribution in [3.63, 3.8) is 0 Å². The number of hydrogen-bond acceptors (Lipinski definition) is 3. The first-order chi connectivity index (χ1) is 9.85. The third-order valence-corrected chi connectivity index (χ3v) is 2.91. The normalized spacial score (nSPS) is 11.0. The Balaban J connectivity index is 2.16. The van der Waals surface area contributed by atoms with Crippen molar-refractivity contribution >= 4 is 17.3 Å². The fourth-order valence-corrected chi connectivity index (χ4v) is 1.97. The number of aromatic nitrogens is 1. The van der Waals surface area contributed by atoms with Crippen LogP contribution in [-0.2, 0) is 0 Å². The number of carbonyl (C=O) groups excluding carboxylic acids is 1. The van der Waals surface area contributed by atoms with Crippen LogP contribution in [0.15, 0.2) is 42.7 Å². The Morgan fingerprint density at radius 1 is 1.14 bits per heavy atom. The molecule has 0 bridgehead atoms. The summed E-state index contributed by atoms with van der Waals surface area (Å²) < 4.78 is 0. The van der Waals surface area contributed by atoms with Crippen LogP contribution in [0.1, 0.15) is 36.7 Å². The third kappa shape index (κ3) is 4.31. The van der Waals surface area contributed by atoms with Crippen LogP contribution in [0.25, 0.3) is 0 Å². The number of para-hydroxylation sites is 1. The van der Waals surface area contributed by atoms with Crippen LogP contribution in [0.3, 0.4) is 0 Å². The summed E-state index contributed by atoms with van der Waals surface area (Å²) in [6.07, 6.45) is 3.29. The van der Waals surface area contributed by atoms with E-state index < -0.39 is 0 Å². The predicted octanol–water partition coefficient (Wildman–Crippen LogP) is 3.85.